The molecule has 1 fully saturated rings. The number of nitrogens with zero attached hydrogens (tertiary/aromatic N) is 2. The Hall–Kier alpha value is -1.16. The van der Waals surface area contributed by atoms with E-state index in [0.29, 0.717) is 11.6 Å². The minimum absolute atomic E-state index is 0.385. The fourth-order valence-corrected chi connectivity index (χ4v) is 0.944. The molecule has 1 aromatic rings. The standard InChI is InChI=1S/C7H9N3O/c8-6-1-9-7(10-2-6)5-3-11-4-5/h1-2,5H,3-4,8H2. The molecule has 2 heterocycles. The van der Waals surface area contributed by atoms with Crippen LogP contribution in [0.3, 0.4) is 0 Å². The summed E-state index contributed by atoms with van der Waals surface area (Å²) in [5.74, 6) is 1.22. The van der Waals surface area contributed by atoms with Crippen molar-refractivity contribution in [2.45, 2.75) is 5.92 Å². The third-order valence-electron chi connectivity index (χ3n) is 1.70. The molecule has 0 atom stereocenters. The molecule has 0 bridgehead atoms. The fraction of sp³-hybridized carbons (Fsp3) is 0.429. The lowest BCUT2D eigenvalue weighted by atomic mass is 10.1. The number of hydrogen-bond donors (Lipinski definition) is 1. The SMILES string of the molecule is Nc1cnc(C2COC2)nc1. The van der Waals surface area contributed by atoms with Crippen LogP contribution in [0.15, 0.2) is 12.4 Å². The van der Waals surface area contributed by atoms with Crippen LogP contribution in [0.5, 0.6) is 0 Å². The van der Waals surface area contributed by atoms with Gasteiger partial charge >= 0.3 is 0 Å². The van der Waals surface area contributed by atoms with Crippen LogP contribution in [0.2, 0.25) is 0 Å². The highest BCUT2D eigenvalue weighted by Crippen LogP contribution is 2.19. The Labute approximate surface area is 64.4 Å². The summed E-state index contributed by atoms with van der Waals surface area (Å²) in [6.45, 7) is 1.48. The van der Waals surface area contributed by atoms with E-state index in [1.807, 2.05) is 0 Å². The van der Waals surface area contributed by atoms with Crippen molar-refractivity contribution in [3.8, 4) is 0 Å². The Morgan fingerprint density at radius 3 is 2.45 bits per heavy atom. The van der Waals surface area contributed by atoms with E-state index in [-0.39, 0.29) is 0 Å². The second-order valence-electron chi connectivity index (χ2n) is 2.61. The number of anilines is 1. The molecule has 0 spiro atoms. The lowest BCUT2D eigenvalue weighted by Gasteiger charge is -2.23. The van der Waals surface area contributed by atoms with E-state index in [1.165, 1.54) is 0 Å². The molecule has 4 heteroatoms. The van der Waals surface area contributed by atoms with Crippen molar-refractivity contribution in [2.24, 2.45) is 0 Å². The van der Waals surface area contributed by atoms with Gasteiger partial charge in [0.2, 0.25) is 0 Å². The van der Waals surface area contributed by atoms with Gasteiger partial charge in [-0.3, -0.25) is 0 Å². The topological polar surface area (TPSA) is 61.0 Å². The lowest BCUT2D eigenvalue weighted by Crippen LogP contribution is -2.26. The van der Waals surface area contributed by atoms with E-state index in [2.05, 4.69) is 9.97 Å². The molecule has 0 unspecified atom stereocenters. The smallest absolute Gasteiger partial charge is 0.136 e. The van der Waals surface area contributed by atoms with E-state index < -0.39 is 0 Å². The highest BCUT2D eigenvalue weighted by atomic mass is 16.5. The lowest BCUT2D eigenvalue weighted by molar-refractivity contribution is 0.00486. The molecule has 0 radical (unpaired) electrons. The molecular formula is C7H9N3O. The average molecular weight is 151 g/mol. The fourth-order valence-electron chi connectivity index (χ4n) is 0.944. The molecule has 11 heavy (non-hydrogen) atoms. The Balaban J connectivity index is 2.18. The van der Waals surface area contributed by atoms with Gasteiger partial charge in [-0.05, 0) is 0 Å². The van der Waals surface area contributed by atoms with Crippen LogP contribution in [0.4, 0.5) is 5.69 Å². The first-order valence-corrected chi connectivity index (χ1v) is 3.51. The van der Waals surface area contributed by atoms with E-state index in [4.69, 9.17) is 10.5 Å². The van der Waals surface area contributed by atoms with Crippen molar-refractivity contribution in [1.82, 2.24) is 9.97 Å². The van der Waals surface area contributed by atoms with Gasteiger partial charge in [0, 0.05) is 0 Å². The third-order valence-corrected chi connectivity index (χ3v) is 1.70. The number of hydrogen-bond acceptors (Lipinski definition) is 4. The van der Waals surface area contributed by atoms with E-state index >= 15 is 0 Å². The van der Waals surface area contributed by atoms with Crippen molar-refractivity contribution in [1.29, 1.82) is 0 Å². The molecule has 0 amide bonds. The molecule has 2 N–H and O–H groups in total. The van der Waals surface area contributed by atoms with E-state index in [1.54, 1.807) is 12.4 Å². The molecule has 2 rings (SSSR count). The Morgan fingerprint density at radius 1 is 1.36 bits per heavy atom. The highest BCUT2D eigenvalue weighted by molar-refractivity contribution is 5.30. The first kappa shape index (κ1) is 6.54. The van der Waals surface area contributed by atoms with Crippen molar-refractivity contribution in [3.05, 3.63) is 18.2 Å². The molecule has 1 aromatic heterocycles. The summed E-state index contributed by atoms with van der Waals surface area (Å²) >= 11 is 0. The molecule has 0 aliphatic carbocycles. The zero-order chi connectivity index (χ0) is 7.68. The Morgan fingerprint density at radius 2 is 2.00 bits per heavy atom. The minimum atomic E-state index is 0.385. The summed E-state index contributed by atoms with van der Waals surface area (Å²) in [4.78, 5) is 8.17. The summed E-state index contributed by atoms with van der Waals surface area (Å²) in [5.41, 5.74) is 6.04. The third kappa shape index (κ3) is 1.17. The van der Waals surface area contributed by atoms with E-state index in [0.717, 1.165) is 19.0 Å². The van der Waals surface area contributed by atoms with Crippen molar-refractivity contribution in [3.63, 3.8) is 0 Å². The van der Waals surface area contributed by atoms with Gasteiger partial charge in [-0.15, -0.1) is 0 Å². The maximum atomic E-state index is 5.43. The van der Waals surface area contributed by atoms with Gasteiger partial charge < -0.3 is 10.5 Å². The summed E-state index contributed by atoms with van der Waals surface area (Å²) in [6, 6.07) is 0. The largest absolute Gasteiger partial charge is 0.396 e. The number of nitrogens with two attached hydrogens (primary N) is 1. The summed E-state index contributed by atoms with van der Waals surface area (Å²) in [5, 5.41) is 0. The van der Waals surface area contributed by atoms with Crippen LogP contribution in [-0.4, -0.2) is 23.2 Å². The van der Waals surface area contributed by atoms with Gasteiger partial charge in [0.25, 0.3) is 0 Å². The zero-order valence-electron chi connectivity index (χ0n) is 6.03. The van der Waals surface area contributed by atoms with Gasteiger partial charge in [0.05, 0.1) is 37.2 Å². The number of ether oxygens (including phenoxy) is 1. The van der Waals surface area contributed by atoms with Gasteiger partial charge in [-0.25, -0.2) is 9.97 Å². The Bertz CT molecular complexity index is 242. The van der Waals surface area contributed by atoms with Gasteiger partial charge in [-0.1, -0.05) is 0 Å². The zero-order valence-corrected chi connectivity index (χ0v) is 6.03. The van der Waals surface area contributed by atoms with Crippen LogP contribution in [-0.2, 0) is 4.74 Å². The maximum absolute atomic E-state index is 5.43. The minimum Gasteiger partial charge on any atom is -0.396 e. The van der Waals surface area contributed by atoms with Crippen molar-refractivity contribution < 1.29 is 4.74 Å². The number of rotatable bonds is 1. The van der Waals surface area contributed by atoms with Crippen LogP contribution in [0, 0.1) is 0 Å². The van der Waals surface area contributed by atoms with Gasteiger partial charge in [0.15, 0.2) is 0 Å². The quantitative estimate of drug-likeness (QED) is 0.621. The number of aromatic nitrogens is 2. The molecule has 0 saturated carbocycles. The normalized spacial score (nSPS) is 17.8. The number of nitrogen functional groups attached to an aromatic ring is 1. The van der Waals surface area contributed by atoms with Crippen LogP contribution in [0.25, 0.3) is 0 Å². The summed E-state index contributed by atoms with van der Waals surface area (Å²) in [7, 11) is 0. The predicted molar refractivity (Wildman–Crippen MR) is 40.0 cm³/mol. The predicted octanol–water partition coefficient (Wildman–Crippen LogP) is 0.173. The molecule has 0 aromatic carbocycles. The molecule has 1 aliphatic heterocycles. The first-order chi connectivity index (χ1) is 5.36. The first-order valence-electron chi connectivity index (χ1n) is 3.51. The molecule has 1 saturated heterocycles. The maximum Gasteiger partial charge on any atom is 0.136 e. The molecule has 4 nitrogen and oxygen atoms in total. The monoisotopic (exact) mass is 151 g/mol. The summed E-state index contributed by atoms with van der Waals surface area (Å²) in [6.07, 6.45) is 3.25. The van der Waals surface area contributed by atoms with Crippen LogP contribution in [0.1, 0.15) is 11.7 Å². The average Bonchev–Trinajstić information content (AvgIpc) is 1.90. The van der Waals surface area contributed by atoms with Crippen molar-refractivity contribution in [2.75, 3.05) is 18.9 Å². The molecular weight excluding hydrogens is 142 g/mol. The Kier molecular flexibility index (Phi) is 1.47. The molecule has 58 valence electrons. The van der Waals surface area contributed by atoms with Crippen LogP contribution < -0.4 is 5.73 Å². The molecule has 1 aliphatic rings. The van der Waals surface area contributed by atoms with Gasteiger partial charge in [-0.2, -0.15) is 0 Å². The summed E-state index contributed by atoms with van der Waals surface area (Å²) < 4.78 is 5.01. The van der Waals surface area contributed by atoms with Crippen LogP contribution >= 0.6 is 0 Å². The second-order valence-corrected chi connectivity index (χ2v) is 2.61. The highest BCUT2D eigenvalue weighted by Gasteiger charge is 2.22. The second kappa shape index (κ2) is 2.47. The van der Waals surface area contributed by atoms with Crippen molar-refractivity contribution >= 4 is 5.69 Å². The van der Waals surface area contributed by atoms with Gasteiger partial charge in [0.1, 0.15) is 5.82 Å². The van der Waals surface area contributed by atoms with E-state index in [9.17, 15) is 0 Å².